The molecule has 0 atom stereocenters. The molecule has 2 aromatic heterocycles. The quantitative estimate of drug-likeness (QED) is 0.340. The summed E-state index contributed by atoms with van der Waals surface area (Å²) in [5, 5.41) is 5.96. The van der Waals surface area contributed by atoms with Gasteiger partial charge in [0, 0.05) is 23.8 Å². The predicted octanol–water partition coefficient (Wildman–Crippen LogP) is 5.88. The van der Waals surface area contributed by atoms with Crippen LogP contribution in [0.15, 0.2) is 85.2 Å². The molecule has 0 aliphatic rings. The molecule has 0 aliphatic heterocycles. The summed E-state index contributed by atoms with van der Waals surface area (Å²) in [6, 6.07) is 21.7. The first-order valence-corrected chi connectivity index (χ1v) is 10.8. The zero-order valence-corrected chi connectivity index (χ0v) is 18.8. The predicted molar refractivity (Wildman–Crippen MR) is 130 cm³/mol. The number of benzene rings is 2. The Balaban J connectivity index is 1.35. The fourth-order valence-corrected chi connectivity index (χ4v) is 3.57. The van der Waals surface area contributed by atoms with Crippen LogP contribution in [0, 0.1) is 0 Å². The molecule has 2 amide bonds. The van der Waals surface area contributed by atoms with E-state index in [1.807, 2.05) is 48.5 Å². The maximum Gasteiger partial charge on any atom is 0.258 e. The number of carbonyl (C=O) groups excluding carboxylic acids is 2. The number of amides is 2. The van der Waals surface area contributed by atoms with Crippen molar-refractivity contribution in [3.05, 3.63) is 118 Å². The van der Waals surface area contributed by atoms with Gasteiger partial charge in [-0.25, -0.2) is 9.97 Å². The summed E-state index contributed by atoms with van der Waals surface area (Å²) in [6.07, 6.45) is 3.76. The number of nitrogens with one attached hydrogen (secondary N) is 2. The molecule has 0 saturated carbocycles. The van der Waals surface area contributed by atoms with Gasteiger partial charge in [0.05, 0.1) is 11.1 Å². The number of halogens is 2. The maximum absolute atomic E-state index is 12.4. The Bertz CT molecular complexity index is 1190. The SMILES string of the molecule is O=C(Nc1ccc(Cc2ccc(NC(=O)c3cccnc3Cl)cc2)cc1)c1cccnc1Cl. The van der Waals surface area contributed by atoms with Crippen molar-refractivity contribution < 1.29 is 9.59 Å². The van der Waals surface area contributed by atoms with Gasteiger partial charge in [-0.2, -0.15) is 0 Å². The Morgan fingerprint density at radius 1 is 0.636 bits per heavy atom. The van der Waals surface area contributed by atoms with Crippen molar-refractivity contribution >= 4 is 46.4 Å². The average Bonchev–Trinajstić information content (AvgIpc) is 2.82. The van der Waals surface area contributed by atoms with Crippen molar-refractivity contribution in [2.75, 3.05) is 10.6 Å². The molecule has 4 rings (SSSR count). The van der Waals surface area contributed by atoms with E-state index in [-0.39, 0.29) is 22.1 Å². The number of hydrogen-bond acceptors (Lipinski definition) is 4. The lowest BCUT2D eigenvalue weighted by molar-refractivity contribution is 0.101. The van der Waals surface area contributed by atoms with Crippen molar-refractivity contribution in [3.63, 3.8) is 0 Å². The van der Waals surface area contributed by atoms with Crippen LogP contribution in [0.4, 0.5) is 11.4 Å². The molecule has 0 radical (unpaired) electrons. The van der Waals surface area contributed by atoms with Crippen molar-refractivity contribution in [1.82, 2.24) is 9.97 Å². The first-order chi connectivity index (χ1) is 16.0. The topological polar surface area (TPSA) is 84.0 Å². The molecular formula is C25H18Cl2N4O2. The molecule has 33 heavy (non-hydrogen) atoms. The van der Waals surface area contributed by atoms with Crippen LogP contribution >= 0.6 is 23.2 Å². The average molecular weight is 477 g/mol. The van der Waals surface area contributed by atoms with E-state index in [0.29, 0.717) is 28.9 Å². The highest BCUT2D eigenvalue weighted by molar-refractivity contribution is 6.33. The molecule has 2 heterocycles. The summed E-state index contributed by atoms with van der Waals surface area (Å²) in [7, 11) is 0. The van der Waals surface area contributed by atoms with Crippen molar-refractivity contribution in [2.24, 2.45) is 0 Å². The third-order valence-electron chi connectivity index (χ3n) is 4.84. The maximum atomic E-state index is 12.4. The van der Waals surface area contributed by atoms with Crippen LogP contribution in [0.25, 0.3) is 0 Å². The monoisotopic (exact) mass is 476 g/mol. The van der Waals surface area contributed by atoms with E-state index < -0.39 is 0 Å². The molecule has 0 aliphatic carbocycles. The summed E-state index contributed by atoms with van der Waals surface area (Å²) in [5.41, 5.74) is 4.12. The third kappa shape index (κ3) is 5.74. The molecule has 0 bridgehead atoms. The number of hydrogen-bond donors (Lipinski definition) is 2. The molecule has 0 saturated heterocycles. The summed E-state index contributed by atoms with van der Waals surface area (Å²) in [5.74, 6) is -0.628. The standard InChI is InChI=1S/C25H18Cl2N4O2/c26-22-20(3-1-13-28-22)24(32)30-18-9-5-16(6-10-18)15-17-7-11-19(12-8-17)31-25(33)21-4-2-14-29-23(21)27/h1-14H,15H2,(H,30,32)(H,31,33). The number of anilines is 2. The second kappa shape index (κ2) is 10.3. The van der Waals surface area contributed by atoms with E-state index in [0.717, 1.165) is 11.1 Å². The van der Waals surface area contributed by atoms with Gasteiger partial charge in [-0.05, 0) is 66.1 Å². The van der Waals surface area contributed by atoms with Gasteiger partial charge in [-0.1, -0.05) is 47.5 Å². The minimum atomic E-state index is -0.314. The number of nitrogens with zero attached hydrogens (tertiary/aromatic N) is 2. The molecular weight excluding hydrogens is 459 g/mol. The first-order valence-electron chi connectivity index (χ1n) is 10.0. The van der Waals surface area contributed by atoms with Crippen LogP contribution in [-0.4, -0.2) is 21.8 Å². The highest BCUT2D eigenvalue weighted by atomic mass is 35.5. The van der Waals surface area contributed by atoms with Crippen molar-refractivity contribution in [2.45, 2.75) is 6.42 Å². The van der Waals surface area contributed by atoms with Crippen LogP contribution in [0.1, 0.15) is 31.8 Å². The highest BCUT2D eigenvalue weighted by Crippen LogP contribution is 2.19. The summed E-state index contributed by atoms with van der Waals surface area (Å²) >= 11 is 11.9. The minimum absolute atomic E-state index is 0.162. The van der Waals surface area contributed by atoms with Crippen LogP contribution in [0.2, 0.25) is 10.3 Å². The second-order valence-electron chi connectivity index (χ2n) is 7.16. The van der Waals surface area contributed by atoms with E-state index in [9.17, 15) is 9.59 Å². The van der Waals surface area contributed by atoms with E-state index >= 15 is 0 Å². The normalized spacial score (nSPS) is 10.5. The van der Waals surface area contributed by atoms with E-state index in [1.165, 1.54) is 12.4 Å². The zero-order valence-electron chi connectivity index (χ0n) is 17.3. The van der Waals surface area contributed by atoms with Gasteiger partial charge in [0.15, 0.2) is 0 Å². The Hall–Kier alpha value is -3.74. The Morgan fingerprint density at radius 2 is 1.03 bits per heavy atom. The fourth-order valence-electron chi connectivity index (χ4n) is 3.16. The number of aromatic nitrogens is 2. The lowest BCUT2D eigenvalue weighted by atomic mass is 10.0. The van der Waals surface area contributed by atoms with E-state index in [4.69, 9.17) is 23.2 Å². The summed E-state index contributed by atoms with van der Waals surface area (Å²) in [6.45, 7) is 0. The Kier molecular flexibility index (Phi) is 6.98. The van der Waals surface area contributed by atoms with Crippen LogP contribution in [0.3, 0.4) is 0 Å². The molecule has 164 valence electrons. The van der Waals surface area contributed by atoms with Crippen LogP contribution in [0.5, 0.6) is 0 Å². The van der Waals surface area contributed by atoms with E-state index in [1.54, 1.807) is 24.3 Å². The number of carbonyl (C=O) groups is 2. The van der Waals surface area contributed by atoms with E-state index in [2.05, 4.69) is 20.6 Å². The smallest absolute Gasteiger partial charge is 0.258 e. The van der Waals surface area contributed by atoms with Crippen LogP contribution in [-0.2, 0) is 6.42 Å². The zero-order chi connectivity index (χ0) is 23.2. The summed E-state index contributed by atoms with van der Waals surface area (Å²) in [4.78, 5) is 32.5. The van der Waals surface area contributed by atoms with Crippen molar-refractivity contribution in [3.8, 4) is 0 Å². The Labute approximate surface area is 200 Å². The lowest BCUT2D eigenvalue weighted by Crippen LogP contribution is -2.13. The molecule has 4 aromatic rings. The minimum Gasteiger partial charge on any atom is -0.322 e. The van der Waals surface area contributed by atoms with Crippen molar-refractivity contribution in [1.29, 1.82) is 0 Å². The van der Waals surface area contributed by atoms with Gasteiger partial charge < -0.3 is 10.6 Å². The molecule has 0 unspecified atom stereocenters. The van der Waals surface area contributed by atoms with Gasteiger partial charge in [-0.3, -0.25) is 9.59 Å². The first kappa shape index (κ1) is 22.5. The molecule has 0 spiro atoms. The lowest BCUT2D eigenvalue weighted by Gasteiger charge is -2.09. The van der Waals surface area contributed by atoms with Crippen LogP contribution < -0.4 is 10.6 Å². The van der Waals surface area contributed by atoms with Gasteiger partial charge in [0.2, 0.25) is 0 Å². The number of rotatable bonds is 6. The third-order valence-corrected chi connectivity index (χ3v) is 5.44. The molecule has 2 N–H and O–H groups in total. The summed E-state index contributed by atoms with van der Waals surface area (Å²) < 4.78 is 0. The highest BCUT2D eigenvalue weighted by Gasteiger charge is 2.12. The van der Waals surface area contributed by atoms with Gasteiger partial charge >= 0.3 is 0 Å². The Morgan fingerprint density at radius 3 is 1.39 bits per heavy atom. The second-order valence-corrected chi connectivity index (χ2v) is 7.88. The molecule has 0 fully saturated rings. The largest absolute Gasteiger partial charge is 0.322 e. The van der Waals surface area contributed by atoms with Gasteiger partial charge in [0.1, 0.15) is 10.3 Å². The van der Waals surface area contributed by atoms with Gasteiger partial charge in [-0.15, -0.1) is 0 Å². The number of pyridine rings is 2. The van der Waals surface area contributed by atoms with Gasteiger partial charge in [0.25, 0.3) is 11.8 Å². The molecule has 6 nitrogen and oxygen atoms in total. The molecule has 8 heteroatoms. The fraction of sp³-hybridized carbons (Fsp3) is 0.0400. The molecule has 2 aromatic carbocycles.